The molecule has 0 bridgehead atoms. The Balaban J connectivity index is 2.00. The summed E-state index contributed by atoms with van der Waals surface area (Å²) in [6, 6.07) is 9.53. The lowest BCUT2D eigenvalue weighted by Crippen LogP contribution is -2.08. The van der Waals surface area contributed by atoms with Crippen molar-refractivity contribution in [1.29, 1.82) is 0 Å². The lowest BCUT2D eigenvalue weighted by atomic mass is 10.1. The fourth-order valence-corrected chi connectivity index (χ4v) is 2.38. The first-order chi connectivity index (χ1) is 9.05. The number of nitrogens with zero attached hydrogens (tertiary/aromatic N) is 1. The molecule has 3 rings (SSSR count). The van der Waals surface area contributed by atoms with Gasteiger partial charge in [0.05, 0.1) is 5.69 Å². The number of allylic oxidation sites excluding steroid dienone is 1. The van der Waals surface area contributed by atoms with Gasteiger partial charge in [0, 0.05) is 5.56 Å². The van der Waals surface area contributed by atoms with Crippen LogP contribution in [0.15, 0.2) is 30.3 Å². The van der Waals surface area contributed by atoms with Crippen LogP contribution in [0.1, 0.15) is 28.9 Å². The van der Waals surface area contributed by atoms with Gasteiger partial charge in [-0.2, -0.15) is 18.3 Å². The molecule has 0 amide bonds. The summed E-state index contributed by atoms with van der Waals surface area (Å²) in [5, 5.41) is 5.94. The highest BCUT2D eigenvalue weighted by molar-refractivity contribution is 5.84. The lowest BCUT2D eigenvalue weighted by Gasteiger charge is -2.03. The molecule has 98 valence electrons. The minimum absolute atomic E-state index is 0.287. The van der Waals surface area contributed by atoms with Crippen molar-refractivity contribution in [2.45, 2.75) is 19.0 Å². The fraction of sp³-hybridized carbons (Fsp3) is 0.214. The van der Waals surface area contributed by atoms with Crippen LogP contribution >= 0.6 is 0 Å². The Kier molecular flexibility index (Phi) is 2.69. The number of fused-ring (bicyclic) bond motifs is 1. The van der Waals surface area contributed by atoms with Gasteiger partial charge in [-0.25, -0.2) is 0 Å². The van der Waals surface area contributed by atoms with E-state index in [1.807, 2.05) is 36.4 Å². The fourth-order valence-electron chi connectivity index (χ4n) is 2.38. The second-order valence-corrected chi connectivity index (χ2v) is 4.50. The van der Waals surface area contributed by atoms with Crippen molar-refractivity contribution in [3.63, 3.8) is 0 Å². The van der Waals surface area contributed by atoms with Crippen LogP contribution in [-0.4, -0.2) is 10.2 Å². The lowest BCUT2D eigenvalue weighted by molar-refractivity contribution is -0.141. The smallest absolute Gasteiger partial charge is 0.273 e. The van der Waals surface area contributed by atoms with E-state index in [1.54, 1.807) is 0 Å². The first-order valence-electron chi connectivity index (χ1n) is 5.96. The van der Waals surface area contributed by atoms with E-state index in [2.05, 4.69) is 10.2 Å². The number of rotatable bonds is 1. The number of aromatic amines is 1. The molecule has 1 aromatic carbocycles. The molecule has 2 aromatic rings. The van der Waals surface area contributed by atoms with Gasteiger partial charge in [-0.1, -0.05) is 30.3 Å². The monoisotopic (exact) mass is 264 g/mol. The molecule has 0 aliphatic heterocycles. The highest BCUT2D eigenvalue weighted by Crippen LogP contribution is 2.39. The maximum atomic E-state index is 12.7. The molecule has 1 N–H and O–H groups in total. The van der Waals surface area contributed by atoms with Crippen molar-refractivity contribution in [2.75, 3.05) is 0 Å². The number of halogens is 3. The van der Waals surface area contributed by atoms with Gasteiger partial charge in [0.25, 0.3) is 0 Å². The summed E-state index contributed by atoms with van der Waals surface area (Å²) < 4.78 is 38.2. The number of aromatic nitrogens is 2. The highest BCUT2D eigenvalue weighted by Gasteiger charge is 2.39. The molecule has 0 spiro atoms. The Morgan fingerprint density at radius 1 is 1.11 bits per heavy atom. The SMILES string of the molecule is FC(F)(F)c1[nH]nc2c1CCC2=Cc1ccccc1. The molecule has 1 aliphatic carbocycles. The van der Waals surface area contributed by atoms with Crippen molar-refractivity contribution in [1.82, 2.24) is 10.2 Å². The summed E-state index contributed by atoms with van der Waals surface area (Å²) in [6.07, 6.45) is -1.47. The molecule has 19 heavy (non-hydrogen) atoms. The zero-order chi connectivity index (χ0) is 13.5. The molecule has 0 saturated carbocycles. The van der Waals surface area contributed by atoms with Gasteiger partial charge in [-0.05, 0) is 30.1 Å². The summed E-state index contributed by atoms with van der Waals surface area (Å²) >= 11 is 0. The third-order valence-electron chi connectivity index (χ3n) is 3.24. The molecule has 0 radical (unpaired) electrons. The second kappa shape index (κ2) is 4.26. The second-order valence-electron chi connectivity index (χ2n) is 4.50. The largest absolute Gasteiger partial charge is 0.433 e. The van der Waals surface area contributed by atoms with Crippen molar-refractivity contribution >= 4 is 11.6 Å². The van der Waals surface area contributed by atoms with Crippen molar-refractivity contribution in [3.05, 3.63) is 52.8 Å². The highest BCUT2D eigenvalue weighted by atomic mass is 19.4. The predicted molar refractivity (Wildman–Crippen MR) is 66.2 cm³/mol. The van der Waals surface area contributed by atoms with Crippen LogP contribution in [0.5, 0.6) is 0 Å². The topological polar surface area (TPSA) is 28.7 Å². The van der Waals surface area contributed by atoms with E-state index in [0.717, 1.165) is 11.1 Å². The van der Waals surface area contributed by atoms with E-state index in [9.17, 15) is 13.2 Å². The van der Waals surface area contributed by atoms with Crippen molar-refractivity contribution < 1.29 is 13.2 Å². The van der Waals surface area contributed by atoms with Crippen molar-refractivity contribution in [2.24, 2.45) is 0 Å². The Hall–Kier alpha value is -2.04. The van der Waals surface area contributed by atoms with Crippen LogP contribution < -0.4 is 0 Å². The Labute approximate surface area is 108 Å². The van der Waals surface area contributed by atoms with Crippen LogP contribution in [0.2, 0.25) is 0 Å². The van der Waals surface area contributed by atoms with E-state index < -0.39 is 11.9 Å². The summed E-state index contributed by atoms with van der Waals surface area (Å²) in [6.45, 7) is 0. The number of hydrogen-bond acceptors (Lipinski definition) is 1. The molecule has 5 heteroatoms. The zero-order valence-electron chi connectivity index (χ0n) is 9.96. The van der Waals surface area contributed by atoms with Gasteiger partial charge >= 0.3 is 6.18 Å². The molecule has 0 atom stereocenters. The van der Waals surface area contributed by atoms with E-state index in [1.165, 1.54) is 0 Å². The minimum Gasteiger partial charge on any atom is -0.273 e. The van der Waals surface area contributed by atoms with E-state index in [4.69, 9.17) is 0 Å². The quantitative estimate of drug-likeness (QED) is 0.831. The summed E-state index contributed by atoms with van der Waals surface area (Å²) in [5.74, 6) is 0. The Morgan fingerprint density at radius 3 is 2.53 bits per heavy atom. The maximum absolute atomic E-state index is 12.7. The predicted octanol–water partition coefficient (Wildman–Crippen LogP) is 3.92. The van der Waals surface area contributed by atoms with Gasteiger partial charge in [0.15, 0.2) is 0 Å². The minimum atomic E-state index is -4.36. The number of alkyl halides is 3. The average molecular weight is 264 g/mol. The molecular weight excluding hydrogens is 253 g/mol. The van der Waals surface area contributed by atoms with Gasteiger partial charge in [0.1, 0.15) is 5.69 Å². The number of H-pyrrole nitrogens is 1. The summed E-state index contributed by atoms with van der Waals surface area (Å²) in [5.41, 5.74) is 1.86. The van der Waals surface area contributed by atoms with E-state index in [-0.39, 0.29) is 5.56 Å². The van der Waals surface area contributed by atoms with Crippen LogP contribution in [-0.2, 0) is 12.6 Å². The third kappa shape index (κ3) is 2.16. The standard InChI is InChI=1S/C14H11F3N2/c15-14(16,17)13-11-7-6-10(12(11)18-19-13)8-9-4-2-1-3-5-9/h1-5,8H,6-7H2,(H,18,19). The molecule has 2 nitrogen and oxygen atoms in total. The van der Waals surface area contributed by atoms with Gasteiger partial charge < -0.3 is 0 Å². The third-order valence-corrected chi connectivity index (χ3v) is 3.24. The van der Waals surface area contributed by atoms with Crippen LogP contribution in [0.25, 0.3) is 11.6 Å². The van der Waals surface area contributed by atoms with Crippen LogP contribution in [0, 0.1) is 0 Å². The van der Waals surface area contributed by atoms with Crippen molar-refractivity contribution in [3.8, 4) is 0 Å². The molecule has 1 aliphatic rings. The van der Waals surface area contributed by atoms with E-state index in [0.29, 0.717) is 18.5 Å². The van der Waals surface area contributed by atoms with Gasteiger partial charge in [-0.15, -0.1) is 0 Å². The Bertz CT molecular complexity index is 624. The van der Waals surface area contributed by atoms with Crippen LogP contribution in [0.3, 0.4) is 0 Å². The molecule has 1 heterocycles. The van der Waals surface area contributed by atoms with Gasteiger partial charge in [0.2, 0.25) is 0 Å². The summed E-state index contributed by atoms with van der Waals surface area (Å²) in [7, 11) is 0. The number of nitrogens with one attached hydrogen (secondary N) is 1. The summed E-state index contributed by atoms with van der Waals surface area (Å²) in [4.78, 5) is 0. The first-order valence-corrected chi connectivity index (χ1v) is 5.96. The molecule has 0 saturated heterocycles. The Morgan fingerprint density at radius 2 is 1.84 bits per heavy atom. The first kappa shape index (κ1) is 12.0. The molecule has 0 fully saturated rings. The zero-order valence-corrected chi connectivity index (χ0v) is 9.96. The molecular formula is C14H11F3N2. The molecule has 1 aromatic heterocycles. The van der Waals surface area contributed by atoms with E-state index >= 15 is 0 Å². The van der Waals surface area contributed by atoms with Crippen LogP contribution in [0.4, 0.5) is 13.2 Å². The number of benzene rings is 1. The number of hydrogen-bond donors (Lipinski definition) is 1. The maximum Gasteiger partial charge on any atom is 0.433 e. The molecule has 0 unspecified atom stereocenters. The van der Waals surface area contributed by atoms with Gasteiger partial charge in [-0.3, -0.25) is 5.10 Å². The normalized spacial score (nSPS) is 16.9. The average Bonchev–Trinajstić information content (AvgIpc) is 2.92.